The van der Waals surface area contributed by atoms with Gasteiger partial charge in [-0.25, -0.2) is 4.98 Å². The van der Waals surface area contributed by atoms with E-state index in [-0.39, 0.29) is 5.91 Å². The van der Waals surface area contributed by atoms with Crippen molar-refractivity contribution in [3.05, 3.63) is 94.5 Å². The monoisotopic (exact) mass is 515 g/mol. The number of carbonyl (C=O) groups excluding carboxylic acids is 1. The van der Waals surface area contributed by atoms with Gasteiger partial charge in [-0.3, -0.25) is 4.79 Å². The molecule has 5 rings (SSSR count). The molecule has 0 aliphatic heterocycles. The van der Waals surface area contributed by atoms with Gasteiger partial charge in [0, 0.05) is 35.7 Å². The number of rotatable bonds is 9. The molecule has 0 unspecified atom stereocenters. The largest absolute Gasteiger partial charge is 0.352 e. The van der Waals surface area contributed by atoms with Crippen molar-refractivity contribution in [1.82, 2.24) is 25.1 Å². The van der Waals surface area contributed by atoms with Crippen molar-refractivity contribution in [3.8, 4) is 0 Å². The number of carbonyl (C=O) groups is 1. The zero-order valence-electron chi connectivity index (χ0n) is 19.9. The molecule has 2 heterocycles. The third-order valence-corrected chi connectivity index (χ3v) is 7.10. The maximum atomic E-state index is 12.2. The van der Waals surface area contributed by atoms with E-state index in [1.807, 2.05) is 48.5 Å². The molecule has 0 bridgehead atoms. The number of aryl methyl sites for hydroxylation is 1. The molecule has 0 saturated heterocycles. The number of benzene rings is 3. The van der Waals surface area contributed by atoms with Crippen molar-refractivity contribution >= 4 is 51.3 Å². The maximum absolute atomic E-state index is 12.2. The van der Waals surface area contributed by atoms with Gasteiger partial charge in [-0.1, -0.05) is 77.5 Å². The van der Waals surface area contributed by atoms with Crippen LogP contribution in [0.4, 0.5) is 0 Å². The van der Waals surface area contributed by atoms with E-state index in [9.17, 15) is 4.79 Å². The third kappa shape index (κ3) is 5.69. The smallest absolute Gasteiger partial charge is 0.220 e. The van der Waals surface area contributed by atoms with Crippen LogP contribution in [0.25, 0.3) is 22.1 Å². The number of hydrogen-bond acceptors (Lipinski definition) is 5. The van der Waals surface area contributed by atoms with Crippen LogP contribution in [0.2, 0.25) is 5.02 Å². The lowest BCUT2D eigenvalue weighted by atomic mass is 10.1. The van der Waals surface area contributed by atoms with E-state index in [4.69, 9.17) is 16.6 Å². The fourth-order valence-corrected chi connectivity index (χ4v) is 5.11. The molecule has 0 saturated carbocycles. The lowest BCUT2D eigenvalue weighted by Crippen LogP contribution is -2.22. The van der Waals surface area contributed by atoms with Crippen LogP contribution in [-0.2, 0) is 17.9 Å². The minimum atomic E-state index is 0.0472. The van der Waals surface area contributed by atoms with Gasteiger partial charge in [0.05, 0.1) is 5.52 Å². The number of halogens is 1. The summed E-state index contributed by atoms with van der Waals surface area (Å²) in [4.78, 5) is 17.1. The number of fused-ring (bicyclic) bond motifs is 3. The SMILES string of the molecule is Cc1ccc2c(c1)c1nnc(SCCCC(=O)NCc3ccccc3)nc1n2Cc1cccc(Cl)c1. The summed E-state index contributed by atoms with van der Waals surface area (Å²) in [5.74, 6) is 0.783. The molecule has 1 N–H and O–H groups in total. The Bertz CT molecular complexity index is 1520. The summed E-state index contributed by atoms with van der Waals surface area (Å²) in [7, 11) is 0. The topological polar surface area (TPSA) is 72.7 Å². The number of nitrogens with zero attached hydrogens (tertiary/aromatic N) is 4. The summed E-state index contributed by atoms with van der Waals surface area (Å²) >= 11 is 7.76. The van der Waals surface area contributed by atoms with Crippen molar-refractivity contribution in [3.63, 3.8) is 0 Å². The lowest BCUT2D eigenvalue weighted by molar-refractivity contribution is -0.121. The molecule has 182 valence electrons. The van der Waals surface area contributed by atoms with Gasteiger partial charge in [-0.2, -0.15) is 0 Å². The molecular weight excluding hydrogens is 490 g/mol. The highest BCUT2D eigenvalue weighted by atomic mass is 35.5. The van der Waals surface area contributed by atoms with Crippen molar-refractivity contribution in [1.29, 1.82) is 0 Å². The molecule has 0 radical (unpaired) electrons. The maximum Gasteiger partial charge on any atom is 0.220 e. The van der Waals surface area contributed by atoms with Crippen LogP contribution < -0.4 is 5.32 Å². The second kappa shape index (κ2) is 11.1. The zero-order chi connectivity index (χ0) is 24.9. The van der Waals surface area contributed by atoms with Gasteiger partial charge < -0.3 is 9.88 Å². The van der Waals surface area contributed by atoms with E-state index in [1.54, 1.807) is 0 Å². The number of aromatic nitrogens is 4. The predicted molar refractivity (Wildman–Crippen MR) is 146 cm³/mol. The average Bonchev–Trinajstić information content (AvgIpc) is 3.18. The van der Waals surface area contributed by atoms with Gasteiger partial charge in [-0.15, -0.1) is 10.2 Å². The minimum Gasteiger partial charge on any atom is -0.352 e. The molecule has 0 atom stereocenters. The van der Waals surface area contributed by atoms with Crippen LogP contribution in [0.3, 0.4) is 0 Å². The van der Waals surface area contributed by atoms with Crippen molar-refractivity contribution in [2.24, 2.45) is 0 Å². The first-order valence-electron chi connectivity index (χ1n) is 11.9. The Morgan fingerprint density at radius 1 is 1.00 bits per heavy atom. The fraction of sp³-hybridized carbons (Fsp3) is 0.214. The van der Waals surface area contributed by atoms with Crippen LogP contribution in [0, 0.1) is 6.92 Å². The molecule has 2 aromatic heterocycles. The zero-order valence-corrected chi connectivity index (χ0v) is 21.5. The summed E-state index contributed by atoms with van der Waals surface area (Å²) in [5, 5.41) is 14.3. The normalized spacial score (nSPS) is 11.3. The molecule has 3 aromatic carbocycles. The van der Waals surface area contributed by atoms with E-state index in [1.165, 1.54) is 11.8 Å². The molecular formula is C28H26ClN5OS. The molecule has 36 heavy (non-hydrogen) atoms. The molecule has 1 amide bonds. The van der Waals surface area contributed by atoms with E-state index in [0.717, 1.165) is 50.9 Å². The molecule has 0 fully saturated rings. The van der Waals surface area contributed by atoms with Gasteiger partial charge in [0.1, 0.15) is 5.52 Å². The number of hydrogen-bond donors (Lipinski definition) is 1. The average molecular weight is 516 g/mol. The van der Waals surface area contributed by atoms with E-state index in [0.29, 0.717) is 29.7 Å². The van der Waals surface area contributed by atoms with E-state index in [2.05, 4.69) is 51.3 Å². The second-order valence-corrected chi connectivity index (χ2v) is 10.2. The molecule has 0 aliphatic rings. The fourth-order valence-electron chi connectivity index (χ4n) is 4.18. The second-order valence-electron chi connectivity index (χ2n) is 8.72. The summed E-state index contributed by atoms with van der Waals surface area (Å²) in [6.45, 7) is 3.25. The van der Waals surface area contributed by atoms with Gasteiger partial charge in [0.2, 0.25) is 11.1 Å². The molecule has 0 spiro atoms. The number of amides is 1. The minimum absolute atomic E-state index is 0.0472. The van der Waals surface area contributed by atoms with Crippen molar-refractivity contribution < 1.29 is 4.79 Å². The molecule has 6 nitrogen and oxygen atoms in total. The summed E-state index contributed by atoms with van der Waals surface area (Å²) in [5.41, 5.74) is 6.01. The van der Waals surface area contributed by atoms with E-state index >= 15 is 0 Å². The molecule has 5 aromatic rings. The first-order valence-corrected chi connectivity index (χ1v) is 13.2. The first kappa shape index (κ1) is 24.3. The predicted octanol–water partition coefficient (Wildman–Crippen LogP) is 6.18. The van der Waals surface area contributed by atoms with E-state index < -0.39 is 0 Å². The van der Waals surface area contributed by atoms with Gasteiger partial charge in [-0.05, 0) is 48.7 Å². The number of nitrogens with one attached hydrogen (secondary N) is 1. The Hall–Kier alpha value is -3.42. The van der Waals surface area contributed by atoms with Crippen LogP contribution in [0.1, 0.15) is 29.5 Å². The lowest BCUT2D eigenvalue weighted by Gasteiger charge is -2.08. The van der Waals surface area contributed by atoms with Gasteiger partial charge in [0.25, 0.3) is 0 Å². The Morgan fingerprint density at radius 2 is 1.83 bits per heavy atom. The van der Waals surface area contributed by atoms with Gasteiger partial charge >= 0.3 is 0 Å². The quantitative estimate of drug-likeness (QED) is 0.187. The van der Waals surface area contributed by atoms with Crippen LogP contribution in [0.5, 0.6) is 0 Å². The van der Waals surface area contributed by atoms with Crippen LogP contribution in [0.15, 0.2) is 78.0 Å². The van der Waals surface area contributed by atoms with Crippen molar-refractivity contribution in [2.45, 2.75) is 38.0 Å². The highest BCUT2D eigenvalue weighted by Gasteiger charge is 2.16. The summed E-state index contributed by atoms with van der Waals surface area (Å²) in [6, 6.07) is 24.1. The standard InChI is InChI=1S/C28H26ClN5OS/c1-19-12-13-24-23(15-19)26-27(34(24)18-21-9-5-10-22(29)16-21)31-28(33-32-26)36-14-6-11-25(35)30-17-20-7-3-2-4-8-20/h2-5,7-10,12-13,15-16H,6,11,14,17-18H2,1H3,(H,30,35). The Labute approximate surface area is 219 Å². The Kier molecular flexibility index (Phi) is 7.49. The number of thioether (sulfide) groups is 1. The summed E-state index contributed by atoms with van der Waals surface area (Å²) in [6.07, 6.45) is 1.20. The highest BCUT2D eigenvalue weighted by Crippen LogP contribution is 2.29. The third-order valence-electron chi connectivity index (χ3n) is 5.94. The van der Waals surface area contributed by atoms with Crippen LogP contribution in [-0.4, -0.2) is 31.4 Å². The Morgan fingerprint density at radius 3 is 2.67 bits per heavy atom. The molecule has 0 aliphatic carbocycles. The summed E-state index contributed by atoms with van der Waals surface area (Å²) < 4.78 is 2.17. The van der Waals surface area contributed by atoms with Gasteiger partial charge in [0.15, 0.2) is 5.65 Å². The van der Waals surface area contributed by atoms with Crippen molar-refractivity contribution in [2.75, 3.05) is 5.75 Å². The molecule has 8 heteroatoms. The highest BCUT2D eigenvalue weighted by molar-refractivity contribution is 7.99. The van der Waals surface area contributed by atoms with Crippen LogP contribution >= 0.6 is 23.4 Å². The first-order chi connectivity index (χ1) is 17.6. The Balaban J connectivity index is 1.29.